The van der Waals surface area contributed by atoms with Crippen LogP contribution in [0.15, 0.2) is 54.6 Å². The zero-order valence-corrected chi connectivity index (χ0v) is 16.5. The van der Waals surface area contributed by atoms with Crippen molar-refractivity contribution in [2.24, 2.45) is 0 Å². The molecule has 0 bridgehead atoms. The lowest BCUT2D eigenvalue weighted by molar-refractivity contribution is -0.141. The van der Waals surface area contributed by atoms with Crippen LogP contribution in [0.5, 0.6) is 5.75 Å². The Kier molecular flexibility index (Phi) is 5.53. The molecule has 2 fully saturated rings. The summed E-state index contributed by atoms with van der Waals surface area (Å²) in [4.78, 5) is 18.0. The molecule has 28 heavy (non-hydrogen) atoms. The molecule has 2 aliphatic heterocycles. The van der Waals surface area contributed by atoms with Gasteiger partial charge in [-0.05, 0) is 42.7 Å². The molecule has 4 rings (SSSR count). The summed E-state index contributed by atoms with van der Waals surface area (Å²) < 4.78 is 10.8. The van der Waals surface area contributed by atoms with Crippen LogP contribution in [-0.4, -0.2) is 57.3 Å². The van der Waals surface area contributed by atoms with E-state index in [9.17, 15) is 4.79 Å². The first-order chi connectivity index (χ1) is 13.7. The Morgan fingerprint density at radius 3 is 2.18 bits per heavy atom. The van der Waals surface area contributed by atoms with Crippen molar-refractivity contribution in [2.45, 2.75) is 18.3 Å². The molecule has 0 N–H and O–H groups in total. The maximum Gasteiger partial charge on any atom is 0.233 e. The van der Waals surface area contributed by atoms with Crippen LogP contribution in [0.1, 0.15) is 18.4 Å². The van der Waals surface area contributed by atoms with E-state index in [1.807, 2.05) is 30.3 Å². The third kappa shape index (κ3) is 3.59. The number of methoxy groups -OCH3 is 1. The van der Waals surface area contributed by atoms with Gasteiger partial charge in [-0.2, -0.15) is 0 Å². The van der Waals surface area contributed by atoms with Crippen LogP contribution in [0.4, 0.5) is 5.69 Å². The minimum Gasteiger partial charge on any atom is -0.497 e. The van der Waals surface area contributed by atoms with Crippen molar-refractivity contribution >= 4 is 11.6 Å². The van der Waals surface area contributed by atoms with Crippen molar-refractivity contribution in [1.82, 2.24) is 4.90 Å². The number of hydrogen-bond acceptors (Lipinski definition) is 4. The van der Waals surface area contributed by atoms with Crippen LogP contribution in [0.2, 0.25) is 0 Å². The van der Waals surface area contributed by atoms with E-state index in [1.54, 1.807) is 7.11 Å². The maximum absolute atomic E-state index is 13.6. The van der Waals surface area contributed by atoms with E-state index in [-0.39, 0.29) is 5.91 Å². The van der Waals surface area contributed by atoms with Crippen LogP contribution in [0.25, 0.3) is 0 Å². The molecule has 5 heteroatoms. The molecular weight excluding hydrogens is 352 g/mol. The Hall–Kier alpha value is -2.53. The van der Waals surface area contributed by atoms with Gasteiger partial charge in [0.2, 0.25) is 5.91 Å². The molecule has 2 aromatic carbocycles. The van der Waals surface area contributed by atoms with Gasteiger partial charge in [-0.15, -0.1) is 0 Å². The van der Waals surface area contributed by atoms with Gasteiger partial charge in [-0.25, -0.2) is 0 Å². The van der Waals surface area contributed by atoms with Crippen molar-refractivity contribution in [3.05, 3.63) is 60.2 Å². The minimum absolute atomic E-state index is 0.261. The van der Waals surface area contributed by atoms with Crippen molar-refractivity contribution < 1.29 is 14.3 Å². The summed E-state index contributed by atoms with van der Waals surface area (Å²) in [7, 11) is 1.68. The fourth-order valence-corrected chi connectivity index (χ4v) is 4.37. The summed E-state index contributed by atoms with van der Waals surface area (Å²) in [6.45, 7) is 4.48. The summed E-state index contributed by atoms with van der Waals surface area (Å²) >= 11 is 0. The van der Waals surface area contributed by atoms with E-state index in [0.717, 1.165) is 50.3 Å². The zero-order valence-electron chi connectivity index (χ0n) is 16.5. The van der Waals surface area contributed by atoms with Crippen LogP contribution < -0.4 is 9.64 Å². The summed E-state index contributed by atoms with van der Waals surface area (Å²) in [5.41, 5.74) is 1.86. The van der Waals surface area contributed by atoms with Crippen molar-refractivity contribution in [3.8, 4) is 5.75 Å². The van der Waals surface area contributed by atoms with Gasteiger partial charge in [-0.1, -0.05) is 30.3 Å². The van der Waals surface area contributed by atoms with Crippen LogP contribution in [0, 0.1) is 0 Å². The second-order valence-corrected chi connectivity index (χ2v) is 7.54. The largest absolute Gasteiger partial charge is 0.497 e. The van der Waals surface area contributed by atoms with Gasteiger partial charge in [0.1, 0.15) is 5.75 Å². The van der Waals surface area contributed by atoms with E-state index < -0.39 is 5.41 Å². The van der Waals surface area contributed by atoms with Gasteiger partial charge >= 0.3 is 0 Å². The highest BCUT2D eigenvalue weighted by atomic mass is 16.5. The molecule has 0 atom stereocenters. The average Bonchev–Trinajstić information content (AvgIpc) is 2.80. The highest BCUT2D eigenvalue weighted by Crippen LogP contribution is 2.37. The molecule has 5 nitrogen and oxygen atoms in total. The molecule has 0 saturated carbocycles. The molecule has 0 spiro atoms. The van der Waals surface area contributed by atoms with Gasteiger partial charge in [-0.3, -0.25) is 4.79 Å². The van der Waals surface area contributed by atoms with E-state index in [4.69, 9.17) is 9.47 Å². The Balaban J connectivity index is 1.47. The van der Waals surface area contributed by atoms with Gasteiger partial charge in [0, 0.05) is 45.1 Å². The molecule has 2 heterocycles. The van der Waals surface area contributed by atoms with E-state index in [1.165, 1.54) is 5.69 Å². The number of ether oxygens (including phenoxy) is 2. The lowest BCUT2D eigenvalue weighted by Crippen LogP contribution is -2.56. The normalized spacial score (nSPS) is 19.3. The Morgan fingerprint density at radius 2 is 1.57 bits per heavy atom. The molecule has 0 aromatic heterocycles. The molecule has 2 aromatic rings. The monoisotopic (exact) mass is 380 g/mol. The highest BCUT2D eigenvalue weighted by molar-refractivity contribution is 5.88. The van der Waals surface area contributed by atoms with Gasteiger partial charge < -0.3 is 19.3 Å². The lowest BCUT2D eigenvalue weighted by atomic mass is 9.73. The zero-order chi connectivity index (χ0) is 19.4. The molecule has 1 amide bonds. The number of rotatable bonds is 4. The summed E-state index contributed by atoms with van der Waals surface area (Å²) in [5, 5.41) is 0. The predicted molar refractivity (Wildman–Crippen MR) is 110 cm³/mol. The molecule has 0 radical (unpaired) electrons. The first-order valence-corrected chi connectivity index (χ1v) is 10.0. The number of anilines is 1. The third-order valence-corrected chi connectivity index (χ3v) is 6.09. The van der Waals surface area contributed by atoms with Gasteiger partial charge in [0.05, 0.1) is 12.5 Å². The number of amides is 1. The molecule has 0 aliphatic carbocycles. The minimum atomic E-state index is -0.443. The smallest absolute Gasteiger partial charge is 0.233 e. The average molecular weight is 380 g/mol. The topological polar surface area (TPSA) is 42.0 Å². The quantitative estimate of drug-likeness (QED) is 0.818. The highest BCUT2D eigenvalue weighted by Gasteiger charge is 2.44. The van der Waals surface area contributed by atoms with E-state index in [2.05, 4.69) is 34.1 Å². The van der Waals surface area contributed by atoms with Crippen LogP contribution >= 0.6 is 0 Å². The van der Waals surface area contributed by atoms with Crippen LogP contribution in [0.3, 0.4) is 0 Å². The summed E-state index contributed by atoms with van der Waals surface area (Å²) in [5.74, 6) is 1.12. The molecule has 148 valence electrons. The Morgan fingerprint density at radius 1 is 0.929 bits per heavy atom. The summed E-state index contributed by atoms with van der Waals surface area (Å²) in [6, 6.07) is 18.4. The maximum atomic E-state index is 13.6. The van der Waals surface area contributed by atoms with Crippen molar-refractivity contribution in [2.75, 3.05) is 51.4 Å². The number of benzene rings is 2. The fourth-order valence-electron chi connectivity index (χ4n) is 4.37. The number of carbonyl (C=O) groups is 1. The fraction of sp³-hybridized carbons (Fsp3) is 0.435. The first kappa shape index (κ1) is 18.8. The van der Waals surface area contributed by atoms with Gasteiger partial charge in [0.15, 0.2) is 0 Å². The number of carbonyl (C=O) groups excluding carboxylic acids is 1. The van der Waals surface area contributed by atoms with E-state index >= 15 is 0 Å². The van der Waals surface area contributed by atoms with Crippen molar-refractivity contribution in [3.63, 3.8) is 0 Å². The third-order valence-electron chi connectivity index (χ3n) is 6.09. The SMILES string of the molecule is COc1ccc(N2CCN(C(=O)C3(c4ccccc4)CCOCC3)CC2)cc1. The Bertz CT molecular complexity index is 777. The van der Waals surface area contributed by atoms with E-state index in [0.29, 0.717) is 13.2 Å². The predicted octanol–water partition coefficient (Wildman–Crippen LogP) is 3.09. The first-order valence-electron chi connectivity index (χ1n) is 10.0. The number of hydrogen-bond donors (Lipinski definition) is 0. The molecule has 2 aliphatic rings. The second-order valence-electron chi connectivity index (χ2n) is 7.54. The number of piperazine rings is 1. The number of nitrogens with zero attached hydrogens (tertiary/aromatic N) is 2. The lowest BCUT2D eigenvalue weighted by Gasteiger charge is -2.43. The molecule has 0 unspecified atom stereocenters. The second kappa shape index (κ2) is 8.23. The molecular formula is C23H28N2O3. The standard InChI is InChI=1S/C23H28N2O3/c1-27-21-9-7-20(8-10-21)24-13-15-25(16-14-24)22(26)23(11-17-28-18-12-23)19-5-3-2-4-6-19/h2-10H,11-18H2,1H3. The van der Waals surface area contributed by atoms with Gasteiger partial charge in [0.25, 0.3) is 0 Å². The Labute approximate surface area is 166 Å². The van der Waals surface area contributed by atoms with Crippen molar-refractivity contribution in [1.29, 1.82) is 0 Å². The summed E-state index contributed by atoms with van der Waals surface area (Å²) in [6.07, 6.45) is 1.52. The van der Waals surface area contributed by atoms with Crippen LogP contribution in [-0.2, 0) is 14.9 Å². The molecule has 2 saturated heterocycles.